The molecule has 0 aliphatic rings. The van der Waals surface area contributed by atoms with Crippen molar-refractivity contribution >= 4 is 5.97 Å². The third kappa shape index (κ3) is 18.4. The van der Waals surface area contributed by atoms with Gasteiger partial charge >= 0.3 is 5.97 Å². The van der Waals surface area contributed by atoms with Crippen molar-refractivity contribution in [2.75, 3.05) is 52.9 Å². The molecule has 8 heteroatoms. The standard InChI is InChI=1S/C31H59N5O3/c1-23(2)32-15-29(16-33-24(3)4)20-36(9)19-26(7)38-22-30(17-34-25(5)6)18-35-27(8)31(37)39-21-28-13-11-10-12-14-28/h10-14,23-27,29-30,32-35H,15-22H2,1-9H3. The Hall–Kier alpha value is -1.55. The van der Waals surface area contributed by atoms with E-state index in [2.05, 4.69) is 81.7 Å². The number of carbonyl (C=O) groups excluding carboxylic acids is 1. The predicted octanol–water partition coefficient (Wildman–Crippen LogP) is 3.27. The zero-order valence-corrected chi connectivity index (χ0v) is 26.3. The van der Waals surface area contributed by atoms with Gasteiger partial charge in [0.15, 0.2) is 0 Å². The summed E-state index contributed by atoms with van der Waals surface area (Å²) in [6.45, 7) is 23.4. The minimum Gasteiger partial charge on any atom is -0.460 e. The molecular formula is C31H59N5O3. The lowest BCUT2D eigenvalue weighted by Crippen LogP contribution is -2.44. The molecule has 0 saturated carbocycles. The van der Waals surface area contributed by atoms with Gasteiger partial charge < -0.3 is 35.6 Å². The minimum atomic E-state index is -0.380. The van der Waals surface area contributed by atoms with Crippen LogP contribution in [-0.2, 0) is 20.9 Å². The first-order chi connectivity index (χ1) is 18.5. The van der Waals surface area contributed by atoms with Crippen LogP contribution in [-0.4, -0.2) is 94.1 Å². The van der Waals surface area contributed by atoms with Crippen LogP contribution in [0.2, 0.25) is 0 Å². The maximum Gasteiger partial charge on any atom is 0.323 e. The van der Waals surface area contributed by atoms with Crippen molar-refractivity contribution < 1.29 is 14.3 Å². The number of likely N-dealkylation sites (N-methyl/N-ethyl adjacent to an activating group) is 1. The number of hydrogen-bond acceptors (Lipinski definition) is 8. The van der Waals surface area contributed by atoms with Gasteiger partial charge in [0.1, 0.15) is 12.6 Å². The van der Waals surface area contributed by atoms with Crippen molar-refractivity contribution in [2.45, 2.75) is 92.3 Å². The Morgan fingerprint density at radius 1 is 0.744 bits per heavy atom. The van der Waals surface area contributed by atoms with Crippen LogP contribution < -0.4 is 21.3 Å². The molecule has 1 rings (SSSR count). The molecule has 226 valence electrons. The largest absolute Gasteiger partial charge is 0.460 e. The highest BCUT2D eigenvalue weighted by molar-refractivity contribution is 5.75. The molecule has 8 nitrogen and oxygen atoms in total. The fourth-order valence-electron chi connectivity index (χ4n) is 4.19. The summed E-state index contributed by atoms with van der Waals surface area (Å²) in [4.78, 5) is 14.9. The van der Waals surface area contributed by atoms with E-state index in [0.29, 0.717) is 43.8 Å². The van der Waals surface area contributed by atoms with E-state index in [1.54, 1.807) is 0 Å². The number of esters is 1. The average molecular weight is 550 g/mol. The molecule has 3 atom stereocenters. The fourth-order valence-corrected chi connectivity index (χ4v) is 4.19. The molecule has 0 radical (unpaired) electrons. The normalized spacial score (nSPS) is 14.5. The lowest BCUT2D eigenvalue weighted by molar-refractivity contribution is -0.147. The van der Waals surface area contributed by atoms with Crippen LogP contribution >= 0.6 is 0 Å². The maximum absolute atomic E-state index is 12.5. The third-order valence-corrected chi connectivity index (χ3v) is 6.49. The molecule has 0 spiro atoms. The van der Waals surface area contributed by atoms with Crippen molar-refractivity contribution in [2.24, 2.45) is 11.8 Å². The lowest BCUT2D eigenvalue weighted by atomic mass is 10.1. The van der Waals surface area contributed by atoms with Gasteiger partial charge in [-0.15, -0.1) is 0 Å². The Balaban J connectivity index is 2.51. The van der Waals surface area contributed by atoms with Gasteiger partial charge in [-0.3, -0.25) is 4.79 Å². The molecule has 0 saturated heterocycles. The van der Waals surface area contributed by atoms with Crippen molar-refractivity contribution in [3.05, 3.63) is 35.9 Å². The van der Waals surface area contributed by atoms with Crippen molar-refractivity contribution in [1.82, 2.24) is 26.2 Å². The van der Waals surface area contributed by atoms with E-state index in [0.717, 1.165) is 38.3 Å². The SMILES string of the molecule is CC(C)NCC(CNC(C)C(=O)OCc1ccccc1)COC(C)CN(C)CC(CNC(C)C)CNC(C)C. The van der Waals surface area contributed by atoms with E-state index in [1.807, 2.05) is 37.3 Å². The summed E-state index contributed by atoms with van der Waals surface area (Å²) >= 11 is 0. The molecule has 0 fully saturated rings. The summed E-state index contributed by atoms with van der Waals surface area (Å²) in [6.07, 6.45) is 0.113. The lowest BCUT2D eigenvalue weighted by Gasteiger charge is -2.29. The monoisotopic (exact) mass is 549 g/mol. The first-order valence-corrected chi connectivity index (χ1v) is 14.9. The Bertz CT molecular complexity index is 735. The molecule has 39 heavy (non-hydrogen) atoms. The topological polar surface area (TPSA) is 86.9 Å². The molecule has 0 bridgehead atoms. The van der Waals surface area contributed by atoms with Crippen LogP contribution in [0.1, 0.15) is 61.0 Å². The summed E-state index contributed by atoms with van der Waals surface area (Å²) in [7, 11) is 2.18. The zero-order chi connectivity index (χ0) is 29.2. The van der Waals surface area contributed by atoms with Crippen LogP contribution in [0.15, 0.2) is 30.3 Å². The number of ether oxygens (including phenoxy) is 2. The minimum absolute atomic E-state index is 0.113. The molecule has 0 heterocycles. The highest BCUT2D eigenvalue weighted by Gasteiger charge is 2.19. The fraction of sp³-hybridized carbons (Fsp3) is 0.774. The number of hydrogen-bond donors (Lipinski definition) is 4. The predicted molar refractivity (Wildman–Crippen MR) is 163 cm³/mol. The van der Waals surface area contributed by atoms with Gasteiger partial charge in [-0.1, -0.05) is 71.9 Å². The zero-order valence-electron chi connectivity index (χ0n) is 26.3. The average Bonchev–Trinajstić information content (AvgIpc) is 2.88. The van der Waals surface area contributed by atoms with Gasteiger partial charge in [0.2, 0.25) is 0 Å². The summed E-state index contributed by atoms with van der Waals surface area (Å²) in [5, 5.41) is 14.1. The van der Waals surface area contributed by atoms with E-state index in [4.69, 9.17) is 9.47 Å². The molecule has 1 aromatic rings. The molecule has 1 aromatic carbocycles. The molecule has 0 aromatic heterocycles. The third-order valence-electron chi connectivity index (χ3n) is 6.49. The second-order valence-corrected chi connectivity index (χ2v) is 12.0. The Kier molecular flexibility index (Phi) is 18.5. The van der Waals surface area contributed by atoms with Crippen LogP contribution in [0.4, 0.5) is 0 Å². The van der Waals surface area contributed by atoms with Crippen LogP contribution in [0.3, 0.4) is 0 Å². The first kappa shape index (κ1) is 35.5. The smallest absolute Gasteiger partial charge is 0.323 e. The first-order valence-electron chi connectivity index (χ1n) is 14.9. The Morgan fingerprint density at radius 3 is 1.79 bits per heavy atom. The molecule has 3 unspecified atom stereocenters. The molecule has 0 aliphatic carbocycles. The second kappa shape index (κ2) is 20.3. The number of nitrogens with zero attached hydrogens (tertiary/aromatic N) is 1. The van der Waals surface area contributed by atoms with E-state index in [-0.39, 0.29) is 24.0 Å². The van der Waals surface area contributed by atoms with Crippen molar-refractivity contribution in [3.63, 3.8) is 0 Å². The highest BCUT2D eigenvalue weighted by atomic mass is 16.5. The molecular weight excluding hydrogens is 490 g/mol. The van der Waals surface area contributed by atoms with Gasteiger partial charge in [0.25, 0.3) is 0 Å². The maximum atomic E-state index is 12.5. The van der Waals surface area contributed by atoms with Gasteiger partial charge in [-0.2, -0.15) is 0 Å². The van der Waals surface area contributed by atoms with Crippen LogP contribution in [0.5, 0.6) is 0 Å². The van der Waals surface area contributed by atoms with Gasteiger partial charge in [-0.05, 0) is 32.4 Å². The molecule has 4 N–H and O–H groups in total. The quantitative estimate of drug-likeness (QED) is 0.164. The van der Waals surface area contributed by atoms with Crippen LogP contribution in [0.25, 0.3) is 0 Å². The Morgan fingerprint density at radius 2 is 1.26 bits per heavy atom. The van der Waals surface area contributed by atoms with E-state index in [1.165, 1.54) is 0 Å². The number of carbonyl (C=O) groups is 1. The second-order valence-electron chi connectivity index (χ2n) is 12.0. The van der Waals surface area contributed by atoms with E-state index < -0.39 is 0 Å². The number of nitrogens with one attached hydrogen (secondary N) is 4. The number of rotatable bonds is 22. The number of benzene rings is 1. The summed E-state index contributed by atoms with van der Waals surface area (Å²) < 4.78 is 11.8. The van der Waals surface area contributed by atoms with Gasteiger partial charge in [0, 0.05) is 63.3 Å². The van der Waals surface area contributed by atoms with E-state index in [9.17, 15) is 4.79 Å². The Labute approximate surface area is 239 Å². The van der Waals surface area contributed by atoms with Gasteiger partial charge in [-0.25, -0.2) is 0 Å². The van der Waals surface area contributed by atoms with Crippen molar-refractivity contribution in [3.8, 4) is 0 Å². The van der Waals surface area contributed by atoms with Crippen LogP contribution in [0, 0.1) is 11.8 Å². The van der Waals surface area contributed by atoms with E-state index >= 15 is 0 Å². The molecule has 0 amide bonds. The summed E-state index contributed by atoms with van der Waals surface area (Å²) in [5.41, 5.74) is 0.989. The molecule has 0 aliphatic heterocycles. The highest BCUT2D eigenvalue weighted by Crippen LogP contribution is 2.06. The van der Waals surface area contributed by atoms with Crippen molar-refractivity contribution in [1.29, 1.82) is 0 Å². The summed E-state index contributed by atoms with van der Waals surface area (Å²) in [6, 6.07) is 10.7. The summed E-state index contributed by atoms with van der Waals surface area (Å²) in [5.74, 6) is 0.531. The van der Waals surface area contributed by atoms with Gasteiger partial charge in [0.05, 0.1) is 12.7 Å².